The Morgan fingerprint density at radius 3 is 1.65 bits per heavy atom. The lowest BCUT2D eigenvalue weighted by Gasteiger charge is -2.02. The van der Waals surface area contributed by atoms with E-state index in [4.69, 9.17) is 0 Å². The van der Waals surface area contributed by atoms with Gasteiger partial charge in [0.05, 0.1) is 10.2 Å². The first kappa shape index (κ1) is 19.2. The third-order valence-corrected chi connectivity index (χ3v) is 6.15. The predicted molar refractivity (Wildman–Crippen MR) is 136 cm³/mol. The molecule has 148 valence electrons. The fraction of sp³-hybridized carbons (Fsp3) is 0. The second-order valence-corrected chi connectivity index (χ2v) is 8.40. The van der Waals surface area contributed by atoms with Gasteiger partial charge in [-0.15, -0.1) is 11.3 Å². The lowest BCUT2D eigenvalue weighted by molar-refractivity contribution is 1.46. The number of hydrogen-bond acceptors (Lipinski definition) is 2. The number of benzene rings is 4. The molecule has 0 unspecified atom stereocenters. The van der Waals surface area contributed by atoms with E-state index in [0.717, 1.165) is 10.5 Å². The molecule has 0 aliphatic carbocycles. The number of nitrogens with zero attached hydrogens (tertiary/aromatic N) is 1. The Bertz CT molecular complexity index is 1310. The van der Waals surface area contributed by atoms with E-state index in [1.165, 1.54) is 32.5 Å². The maximum Gasteiger partial charge on any atom is 0.117 e. The normalized spacial score (nSPS) is 11.6. The lowest BCUT2D eigenvalue weighted by atomic mass is 10.0. The van der Waals surface area contributed by atoms with Crippen LogP contribution in [-0.2, 0) is 0 Å². The van der Waals surface area contributed by atoms with Gasteiger partial charge in [-0.3, -0.25) is 0 Å². The number of fused-ring (bicyclic) bond motifs is 1. The molecule has 1 aromatic heterocycles. The molecule has 0 aliphatic heterocycles. The number of thiazole rings is 1. The fourth-order valence-electron chi connectivity index (χ4n) is 3.46. The van der Waals surface area contributed by atoms with E-state index in [-0.39, 0.29) is 0 Å². The molecule has 31 heavy (non-hydrogen) atoms. The van der Waals surface area contributed by atoms with Gasteiger partial charge in [0.2, 0.25) is 0 Å². The molecule has 0 radical (unpaired) electrons. The van der Waals surface area contributed by atoms with Crippen molar-refractivity contribution in [2.75, 3.05) is 0 Å². The monoisotopic (exact) mass is 415 g/mol. The van der Waals surface area contributed by atoms with Gasteiger partial charge in [-0.2, -0.15) is 0 Å². The van der Waals surface area contributed by atoms with Crippen molar-refractivity contribution in [1.29, 1.82) is 0 Å². The molecule has 0 atom stereocenters. The summed E-state index contributed by atoms with van der Waals surface area (Å²) in [4.78, 5) is 4.65. The molecule has 0 fully saturated rings. The van der Waals surface area contributed by atoms with Crippen LogP contribution >= 0.6 is 11.3 Å². The molecule has 0 bridgehead atoms. The van der Waals surface area contributed by atoms with E-state index in [9.17, 15) is 0 Å². The summed E-state index contributed by atoms with van der Waals surface area (Å²) >= 11 is 1.72. The number of para-hydroxylation sites is 1. The molecular weight excluding hydrogens is 394 g/mol. The van der Waals surface area contributed by atoms with Crippen LogP contribution in [0, 0.1) is 0 Å². The summed E-state index contributed by atoms with van der Waals surface area (Å²) in [6.07, 6.45) is 8.51. The highest BCUT2D eigenvalue weighted by Gasteiger charge is 1.99. The molecule has 0 saturated heterocycles. The Kier molecular flexibility index (Phi) is 5.55. The van der Waals surface area contributed by atoms with Gasteiger partial charge in [0.25, 0.3) is 0 Å². The Morgan fingerprint density at radius 2 is 1.00 bits per heavy atom. The SMILES string of the molecule is C(=C\c1ccc(-c2ccccc2)cc1)/c1ccc(/C=C/c2nc3ccccc3s2)cc1. The first-order valence-electron chi connectivity index (χ1n) is 10.3. The Balaban J connectivity index is 1.25. The number of hydrogen-bond donors (Lipinski definition) is 0. The molecule has 0 aliphatic rings. The highest BCUT2D eigenvalue weighted by atomic mass is 32.1. The van der Waals surface area contributed by atoms with Gasteiger partial charge in [0.15, 0.2) is 0 Å². The van der Waals surface area contributed by atoms with Crippen LogP contribution in [0.25, 0.3) is 45.6 Å². The van der Waals surface area contributed by atoms with Crippen LogP contribution in [0.5, 0.6) is 0 Å². The van der Waals surface area contributed by atoms with Gasteiger partial charge >= 0.3 is 0 Å². The van der Waals surface area contributed by atoms with Crippen LogP contribution in [0.4, 0.5) is 0 Å². The molecule has 0 spiro atoms. The summed E-state index contributed by atoms with van der Waals surface area (Å²) < 4.78 is 1.22. The quantitative estimate of drug-likeness (QED) is 0.263. The van der Waals surface area contributed by atoms with Crippen molar-refractivity contribution in [1.82, 2.24) is 4.98 Å². The van der Waals surface area contributed by atoms with E-state index < -0.39 is 0 Å². The first-order chi connectivity index (χ1) is 15.3. The lowest BCUT2D eigenvalue weighted by Crippen LogP contribution is -1.78. The fourth-order valence-corrected chi connectivity index (χ4v) is 4.33. The molecule has 0 amide bonds. The summed E-state index contributed by atoms with van der Waals surface area (Å²) in [6, 6.07) is 35.9. The van der Waals surface area contributed by atoms with E-state index in [1.807, 2.05) is 12.1 Å². The van der Waals surface area contributed by atoms with E-state index in [2.05, 4.69) is 120 Å². The van der Waals surface area contributed by atoms with Gasteiger partial charge in [-0.25, -0.2) is 4.98 Å². The van der Waals surface area contributed by atoms with Crippen molar-refractivity contribution in [3.8, 4) is 11.1 Å². The minimum Gasteiger partial charge on any atom is -0.237 e. The highest BCUT2D eigenvalue weighted by molar-refractivity contribution is 7.19. The largest absolute Gasteiger partial charge is 0.237 e. The van der Waals surface area contributed by atoms with Gasteiger partial charge in [0, 0.05) is 0 Å². The molecule has 0 saturated carbocycles. The average molecular weight is 416 g/mol. The van der Waals surface area contributed by atoms with Crippen molar-refractivity contribution in [3.05, 3.63) is 125 Å². The zero-order valence-electron chi connectivity index (χ0n) is 17.0. The third-order valence-electron chi connectivity index (χ3n) is 5.15. The van der Waals surface area contributed by atoms with Crippen molar-refractivity contribution < 1.29 is 0 Å². The van der Waals surface area contributed by atoms with E-state index in [1.54, 1.807) is 11.3 Å². The summed E-state index contributed by atoms with van der Waals surface area (Å²) in [6.45, 7) is 0. The highest BCUT2D eigenvalue weighted by Crippen LogP contribution is 2.23. The van der Waals surface area contributed by atoms with Crippen LogP contribution < -0.4 is 0 Å². The number of aromatic nitrogens is 1. The molecule has 5 rings (SSSR count). The molecule has 2 heteroatoms. The van der Waals surface area contributed by atoms with Crippen LogP contribution in [-0.4, -0.2) is 4.98 Å². The Labute approximate surface area is 186 Å². The average Bonchev–Trinajstić information content (AvgIpc) is 3.26. The van der Waals surface area contributed by atoms with Crippen molar-refractivity contribution in [2.24, 2.45) is 0 Å². The molecule has 0 N–H and O–H groups in total. The molecular formula is C29H21NS. The molecule has 1 nitrogen and oxygen atoms in total. The van der Waals surface area contributed by atoms with Gasteiger partial charge < -0.3 is 0 Å². The van der Waals surface area contributed by atoms with Crippen molar-refractivity contribution in [3.63, 3.8) is 0 Å². The smallest absolute Gasteiger partial charge is 0.117 e. The molecule has 5 aromatic rings. The minimum absolute atomic E-state index is 1.03. The predicted octanol–water partition coefficient (Wildman–Crippen LogP) is 8.30. The molecule has 4 aromatic carbocycles. The Hall–Kier alpha value is -3.75. The zero-order valence-corrected chi connectivity index (χ0v) is 17.8. The maximum absolute atomic E-state index is 4.65. The summed E-state index contributed by atoms with van der Waals surface area (Å²) in [7, 11) is 0. The van der Waals surface area contributed by atoms with Crippen LogP contribution in [0.1, 0.15) is 21.7 Å². The number of rotatable bonds is 5. The maximum atomic E-state index is 4.65. The topological polar surface area (TPSA) is 12.9 Å². The van der Waals surface area contributed by atoms with Crippen molar-refractivity contribution >= 4 is 45.9 Å². The van der Waals surface area contributed by atoms with Crippen LogP contribution in [0.2, 0.25) is 0 Å². The van der Waals surface area contributed by atoms with Crippen LogP contribution in [0.3, 0.4) is 0 Å². The van der Waals surface area contributed by atoms with Crippen LogP contribution in [0.15, 0.2) is 103 Å². The first-order valence-corrected chi connectivity index (χ1v) is 11.1. The Morgan fingerprint density at radius 1 is 0.484 bits per heavy atom. The van der Waals surface area contributed by atoms with Gasteiger partial charge in [0.1, 0.15) is 5.01 Å². The van der Waals surface area contributed by atoms with Crippen molar-refractivity contribution in [2.45, 2.75) is 0 Å². The summed E-state index contributed by atoms with van der Waals surface area (Å²) in [5.41, 5.74) is 7.09. The van der Waals surface area contributed by atoms with E-state index >= 15 is 0 Å². The molecule has 1 heterocycles. The van der Waals surface area contributed by atoms with Gasteiger partial charge in [-0.05, 0) is 46.0 Å². The summed E-state index contributed by atoms with van der Waals surface area (Å²) in [5, 5.41) is 1.03. The standard InChI is InChI=1S/C29H21NS/c1-2-6-25(7-3-1)26-19-16-24(17-20-26)15-12-22-10-13-23(14-11-22)18-21-29-30-27-8-4-5-9-28(27)31-29/h1-21H/b15-12+,21-18+. The third kappa shape index (κ3) is 4.71. The summed E-state index contributed by atoms with van der Waals surface area (Å²) in [5.74, 6) is 0. The van der Waals surface area contributed by atoms with E-state index in [0.29, 0.717) is 0 Å². The van der Waals surface area contributed by atoms with Gasteiger partial charge in [-0.1, -0.05) is 109 Å². The second kappa shape index (κ2) is 8.95. The zero-order chi connectivity index (χ0) is 20.9. The second-order valence-electron chi connectivity index (χ2n) is 7.34. The minimum atomic E-state index is 1.03.